The molecule has 154 valence electrons. The van der Waals surface area contributed by atoms with Gasteiger partial charge in [-0.3, -0.25) is 0 Å². The highest BCUT2D eigenvalue weighted by atomic mass is 19.4. The van der Waals surface area contributed by atoms with Gasteiger partial charge >= 0.3 is 6.18 Å². The number of benzene rings is 2. The van der Waals surface area contributed by atoms with Gasteiger partial charge in [-0.1, -0.05) is 82.6 Å². The van der Waals surface area contributed by atoms with Gasteiger partial charge in [-0.25, -0.2) is 4.39 Å². The summed E-state index contributed by atoms with van der Waals surface area (Å²) in [5.41, 5.74) is 1.01. The van der Waals surface area contributed by atoms with Gasteiger partial charge in [0, 0.05) is 5.56 Å². The van der Waals surface area contributed by atoms with Crippen LogP contribution in [0.1, 0.15) is 75.8 Å². The lowest BCUT2D eigenvalue weighted by Gasteiger charge is -2.09. The minimum Gasteiger partial charge on any atom is -0.206 e. The number of alkyl halides is 3. The van der Waals surface area contributed by atoms with E-state index in [0.29, 0.717) is 11.1 Å². The highest BCUT2D eigenvalue weighted by Crippen LogP contribution is 2.31. The summed E-state index contributed by atoms with van der Waals surface area (Å²) in [5.74, 6) is -0.381. The Labute approximate surface area is 166 Å². The molecule has 0 radical (unpaired) electrons. The number of halogens is 4. The van der Waals surface area contributed by atoms with E-state index in [4.69, 9.17) is 0 Å². The Hall–Kier alpha value is -1.84. The Morgan fingerprint density at radius 1 is 0.714 bits per heavy atom. The number of unbranched alkanes of at least 4 members (excludes halogenated alkanes) is 8. The van der Waals surface area contributed by atoms with Crippen molar-refractivity contribution >= 4 is 0 Å². The number of hydrogen-bond acceptors (Lipinski definition) is 0. The van der Waals surface area contributed by atoms with Crippen LogP contribution in [-0.4, -0.2) is 0 Å². The third kappa shape index (κ3) is 7.29. The Kier molecular flexibility index (Phi) is 9.01. The fourth-order valence-electron chi connectivity index (χ4n) is 3.43. The average Bonchev–Trinajstić information content (AvgIpc) is 2.66. The lowest BCUT2D eigenvalue weighted by molar-refractivity contribution is -0.137. The molecule has 4 heteroatoms. The zero-order valence-electron chi connectivity index (χ0n) is 16.6. The second-order valence-corrected chi connectivity index (χ2v) is 7.47. The first kappa shape index (κ1) is 22.4. The van der Waals surface area contributed by atoms with E-state index in [1.807, 2.05) is 6.07 Å². The Morgan fingerprint density at radius 3 is 1.82 bits per heavy atom. The van der Waals surface area contributed by atoms with Crippen LogP contribution >= 0.6 is 0 Å². The Balaban J connectivity index is 1.79. The Bertz CT molecular complexity index is 702. The van der Waals surface area contributed by atoms with E-state index in [0.717, 1.165) is 37.0 Å². The molecule has 0 aromatic heterocycles. The van der Waals surface area contributed by atoms with Crippen molar-refractivity contribution in [2.45, 2.75) is 77.3 Å². The molecule has 2 rings (SSSR count). The van der Waals surface area contributed by atoms with Crippen molar-refractivity contribution in [1.82, 2.24) is 0 Å². The first-order chi connectivity index (χ1) is 13.4. The molecule has 0 amide bonds. The molecule has 28 heavy (non-hydrogen) atoms. The summed E-state index contributed by atoms with van der Waals surface area (Å²) in [5, 5.41) is 0. The first-order valence-corrected chi connectivity index (χ1v) is 10.4. The Morgan fingerprint density at radius 2 is 1.29 bits per heavy atom. The monoisotopic (exact) mass is 394 g/mol. The van der Waals surface area contributed by atoms with Crippen LogP contribution in [0.2, 0.25) is 0 Å². The lowest BCUT2D eigenvalue weighted by atomic mass is 9.99. The zero-order chi connectivity index (χ0) is 20.4. The molecule has 0 atom stereocenters. The van der Waals surface area contributed by atoms with E-state index in [9.17, 15) is 17.6 Å². The molecule has 0 fully saturated rings. The predicted octanol–water partition coefficient (Wildman–Crippen LogP) is 8.58. The zero-order valence-corrected chi connectivity index (χ0v) is 16.6. The van der Waals surface area contributed by atoms with Gasteiger partial charge in [0.05, 0.1) is 5.56 Å². The van der Waals surface area contributed by atoms with E-state index in [-0.39, 0.29) is 5.82 Å². The number of rotatable bonds is 11. The van der Waals surface area contributed by atoms with Crippen LogP contribution in [0.15, 0.2) is 42.5 Å². The van der Waals surface area contributed by atoms with Crippen LogP contribution in [0.5, 0.6) is 0 Å². The van der Waals surface area contributed by atoms with Gasteiger partial charge in [0.25, 0.3) is 0 Å². The first-order valence-electron chi connectivity index (χ1n) is 10.4. The SMILES string of the molecule is CCCCCCCCCCCc1ccc(-c2ccc(C(F)(F)F)cc2)c(F)c1. The van der Waals surface area contributed by atoms with Crippen LogP contribution in [0, 0.1) is 5.82 Å². The highest BCUT2D eigenvalue weighted by Gasteiger charge is 2.30. The van der Waals surface area contributed by atoms with E-state index in [1.54, 1.807) is 6.07 Å². The van der Waals surface area contributed by atoms with Crippen molar-refractivity contribution in [3.05, 3.63) is 59.4 Å². The van der Waals surface area contributed by atoms with Crippen LogP contribution < -0.4 is 0 Å². The van der Waals surface area contributed by atoms with Crippen molar-refractivity contribution in [1.29, 1.82) is 0 Å². The van der Waals surface area contributed by atoms with Gasteiger partial charge in [0.2, 0.25) is 0 Å². The molecular weight excluding hydrogens is 364 g/mol. The third-order valence-corrected chi connectivity index (χ3v) is 5.13. The van der Waals surface area contributed by atoms with Gasteiger partial charge < -0.3 is 0 Å². The van der Waals surface area contributed by atoms with Gasteiger partial charge in [0.1, 0.15) is 5.82 Å². The average molecular weight is 394 g/mol. The molecule has 0 nitrogen and oxygen atoms in total. The maximum Gasteiger partial charge on any atom is 0.416 e. The standard InChI is InChI=1S/C24H30F4/c1-2-3-4-5-6-7-8-9-10-11-19-12-17-22(23(25)18-19)20-13-15-21(16-14-20)24(26,27)28/h12-18H,2-11H2,1H3. The molecule has 0 heterocycles. The van der Waals surface area contributed by atoms with Crippen LogP contribution in [0.3, 0.4) is 0 Å². The fraction of sp³-hybridized carbons (Fsp3) is 0.500. The maximum atomic E-state index is 14.4. The maximum absolute atomic E-state index is 14.4. The van der Waals surface area contributed by atoms with Crippen molar-refractivity contribution in [3.8, 4) is 11.1 Å². The molecule has 2 aromatic carbocycles. The molecule has 0 aliphatic heterocycles. The summed E-state index contributed by atoms with van der Waals surface area (Å²) < 4.78 is 52.4. The molecule has 0 spiro atoms. The summed E-state index contributed by atoms with van der Waals surface area (Å²) in [4.78, 5) is 0. The normalized spacial score (nSPS) is 11.8. The second-order valence-electron chi connectivity index (χ2n) is 7.47. The topological polar surface area (TPSA) is 0 Å². The van der Waals surface area contributed by atoms with Crippen molar-refractivity contribution in [2.75, 3.05) is 0 Å². The molecule has 0 aliphatic carbocycles. The largest absolute Gasteiger partial charge is 0.416 e. The number of hydrogen-bond donors (Lipinski definition) is 0. The lowest BCUT2D eigenvalue weighted by Crippen LogP contribution is -2.04. The summed E-state index contributed by atoms with van der Waals surface area (Å²) in [6.45, 7) is 2.22. The quantitative estimate of drug-likeness (QED) is 0.264. The van der Waals surface area contributed by atoms with Crippen molar-refractivity contribution in [2.24, 2.45) is 0 Å². The van der Waals surface area contributed by atoms with Gasteiger partial charge in [-0.15, -0.1) is 0 Å². The minimum absolute atomic E-state index is 0.338. The summed E-state index contributed by atoms with van der Waals surface area (Å²) in [6.07, 6.45) is 7.69. The molecule has 0 bridgehead atoms. The van der Waals surface area contributed by atoms with E-state index in [2.05, 4.69) is 6.92 Å². The summed E-state index contributed by atoms with van der Waals surface area (Å²) >= 11 is 0. The highest BCUT2D eigenvalue weighted by molar-refractivity contribution is 5.64. The summed E-state index contributed by atoms with van der Waals surface area (Å²) in [7, 11) is 0. The summed E-state index contributed by atoms with van der Waals surface area (Å²) in [6, 6.07) is 9.68. The van der Waals surface area contributed by atoms with Crippen molar-refractivity contribution in [3.63, 3.8) is 0 Å². The second kappa shape index (κ2) is 11.2. The smallest absolute Gasteiger partial charge is 0.206 e. The molecule has 0 saturated carbocycles. The minimum atomic E-state index is -4.38. The molecule has 0 N–H and O–H groups in total. The van der Waals surface area contributed by atoms with Crippen molar-refractivity contribution < 1.29 is 17.6 Å². The van der Waals surface area contributed by atoms with Crippen LogP contribution in [0.4, 0.5) is 17.6 Å². The predicted molar refractivity (Wildman–Crippen MR) is 108 cm³/mol. The molecule has 0 saturated heterocycles. The molecular formula is C24H30F4. The molecule has 2 aromatic rings. The van der Waals surface area contributed by atoms with Gasteiger partial charge in [0.15, 0.2) is 0 Å². The van der Waals surface area contributed by atoms with Crippen LogP contribution in [0.25, 0.3) is 11.1 Å². The number of aryl methyl sites for hydroxylation is 1. The fourth-order valence-corrected chi connectivity index (χ4v) is 3.43. The third-order valence-electron chi connectivity index (χ3n) is 5.13. The van der Waals surface area contributed by atoms with E-state index in [1.165, 1.54) is 63.1 Å². The van der Waals surface area contributed by atoms with Crippen LogP contribution in [-0.2, 0) is 12.6 Å². The van der Waals surface area contributed by atoms with E-state index >= 15 is 0 Å². The van der Waals surface area contributed by atoms with Gasteiger partial charge in [-0.2, -0.15) is 13.2 Å². The van der Waals surface area contributed by atoms with E-state index < -0.39 is 11.7 Å². The molecule has 0 unspecified atom stereocenters. The molecule has 0 aliphatic rings. The van der Waals surface area contributed by atoms with Gasteiger partial charge in [-0.05, 0) is 42.2 Å².